The van der Waals surface area contributed by atoms with E-state index in [4.69, 9.17) is 26.8 Å². The highest BCUT2D eigenvalue weighted by atomic mass is 35.5. The van der Waals surface area contributed by atoms with Crippen LogP contribution in [0.1, 0.15) is 12.8 Å². The molecule has 1 saturated heterocycles. The van der Waals surface area contributed by atoms with E-state index in [9.17, 15) is 18.0 Å². The molecule has 0 bridgehead atoms. The Balaban J connectivity index is 1.59. The summed E-state index contributed by atoms with van der Waals surface area (Å²) in [7, 11) is -2.36. The van der Waals surface area contributed by atoms with Crippen LogP contribution in [0.2, 0.25) is 5.02 Å². The van der Waals surface area contributed by atoms with Gasteiger partial charge in [-0.05, 0) is 55.3 Å². The predicted octanol–water partition coefficient (Wildman–Crippen LogP) is 2.25. The second-order valence-corrected chi connectivity index (χ2v) is 9.36. The molecule has 0 aromatic heterocycles. The largest absolute Gasteiger partial charge is 0.497 e. The molecular formula is C21H24ClN3O6S. The van der Waals surface area contributed by atoms with Crippen molar-refractivity contribution in [2.24, 2.45) is 11.7 Å². The van der Waals surface area contributed by atoms with Crippen LogP contribution < -0.4 is 19.9 Å². The number of nitrogens with zero attached hydrogens (tertiary/aromatic N) is 1. The molecule has 0 unspecified atom stereocenters. The Hall–Kier alpha value is -2.98. The molecule has 1 aliphatic heterocycles. The number of hydrogen-bond donors (Lipinski definition) is 2. The van der Waals surface area contributed by atoms with Crippen LogP contribution in [-0.2, 0) is 19.6 Å². The van der Waals surface area contributed by atoms with Crippen molar-refractivity contribution in [2.75, 3.05) is 31.5 Å². The summed E-state index contributed by atoms with van der Waals surface area (Å²) < 4.78 is 38.3. The summed E-state index contributed by atoms with van der Waals surface area (Å²) >= 11 is 6.19. The zero-order valence-corrected chi connectivity index (χ0v) is 19.0. The number of ether oxygens (including phenoxy) is 2. The molecule has 0 radical (unpaired) electrons. The molecule has 3 rings (SSSR count). The number of piperidine rings is 1. The lowest BCUT2D eigenvalue weighted by molar-refractivity contribution is -0.136. The highest BCUT2D eigenvalue weighted by molar-refractivity contribution is 7.92. The van der Waals surface area contributed by atoms with E-state index >= 15 is 0 Å². The Morgan fingerprint density at radius 2 is 1.81 bits per heavy atom. The second-order valence-electron chi connectivity index (χ2n) is 7.27. The van der Waals surface area contributed by atoms with Crippen LogP contribution in [0.4, 0.5) is 5.69 Å². The van der Waals surface area contributed by atoms with Crippen LogP contribution >= 0.6 is 11.6 Å². The number of nitrogens with two attached hydrogens (primary N) is 1. The predicted molar refractivity (Wildman–Crippen MR) is 119 cm³/mol. The topological polar surface area (TPSA) is 128 Å². The van der Waals surface area contributed by atoms with E-state index in [1.807, 2.05) is 0 Å². The number of methoxy groups -OCH3 is 1. The standard InChI is InChI=1S/C21H24ClN3O6S/c1-30-16-4-2-15(3-5-16)24-32(28,29)17-6-7-19(18(22)12-17)31-13-20(26)25-10-8-14(9-11-25)21(23)27/h2-7,12,14,24H,8-11,13H2,1H3,(H2,23,27). The zero-order valence-electron chi connectivity index (χ0n) is 17.4. The van der Waals surface area contributed by atoms with E-state index in [-0.39, 0.29) is 40.0 Å². The maximum atomic E-state index is 12.6. The van der Waals surface area contributed by atoms with Gasteiger partial charge in [-0.3, -0.25) is 14.3 Å². The van der Waals surface area contributed by atoms with Gasteiger partial charge in [0, 0.05) is 24.7 Å². The number of likely N-dealkylation sites (tertiary alicyclic amines) is 1. The van der Waals surface area contributed by atoms with Gasteiger partial charge in [0.2, 0.25) is 5.91 Å². The second kappa shape index (κ2) is 10.1. The van der Waals surface area contributed by atoms with Crippen molar-refractivity contribution < 1.29 is 27.5 Å². The van der Waals surface area contributed by atoms with E-state index in [1.54, 1.807) is 29.2 Å². The lowest BCUT2D eigenvalue weighted by atomic mass is 9.96. The molecule has 1 fully saturated rings. The van der Waals surface area contributed by atoms with Crippen LogP contribution in [0.5, 0.6) is 11.5 Å². The van der Waals surface area contributed by atoms with E-state index in [1.165, 1.54) is 25.3 Å². The van der Waals surface area contributed by atoms with Crippen LogP contribution in [0, 0.1) is 5.92 Å². The number of carbonyl (C=O) groups is 2. The Bertz CT molecular complexity index is 1080. The average molecular weight is 482 g/mol. The molecule has 0 saturated carbocycles. The molecule has 0 aliphatic carbocycles. The number of hydrogen-bond acceptors (Lipinski definition) is 6. The van der Waals surface area contributed by atoms with Gasteiger partial charge in [0.05, 0.1) is 17.0 Å². The molecule has 0 atom stereocenters. The molecular weight excluding hydrogens is 458 g/mol. The molecule has 1 heterocycles. The molecule has 11 heteroatoms. The lowest BCUT2D eigenvalue weighted by Gasteiger charge is -2.30. The summed E-state index contributed by atoms with van der Waals surface area (Å²) in [4.78, 5) is 25.1. The van der Waals surface area contributed by atoms with Crippen molar-refractivity contribution in [1.82, 2.24) is 4.90 Å². The van der Waals surface area contributed by atoms with Crippen molar-refractivity contribution in [2.45, 2.75) is 17.7 Å². The SMILES string of the molecule is COc1ccc(NS(=O)(=O)c2ccc(OCC(=O)N3CCC(C(N)=O)CC3)c(Cl)c2)cc1. The molecule has 2 aromatic rings. The number of nitrogens with one attached hydrogen (secondary N) is 1. The van der Waals surface area contributed by atoms with E-state index in [2.05, 4.69) is 4.72 Å². The molecule has 1 aliphatic rings. The van der Waals surface area contributed by atoms with Gasteiger partial charge in [-0.2, -0.15) is 0 Å². The minimum absolute atomic E-state index is 0.0504. The first-order valence-corrected chi connectivity index (χ1v) is 11.7. The van der Waals surface area contributed by atoms with Gasteiger partial charge in [0.25, 0.3) is 15.9 Å². The Morgan fingerprint density at radius 1 is 1.16 bits per heavy atom. The van der Waals surface area contributed by atoms with Crippen molar-refractivity contribution >= 4 is 39.1 Å². The third-order valence-corrected chi connectivity index (χ3v) is 6.83. The molecule has 3 N–H and O–H groups in total. The molecule has 0 spiro atoms. The Labute approximate surface area is 191 Å². The summed E-state index contributed by atoms with van der Waals surface area (Å²) in [5.74, 6) is -0.0198. The van der Waals surface area contributed by atoms with Crippen molar-refractivity contribution in [3.8, 4) is 11.5 Å². The van der Waals surface area contributed by atoms with E-state index in [0.717, 1.165) is 0 Å². The quantitative estimate of drug-likeness (QED) is 0.595. The maximum absolute atomic E-state index is 12.6. The van der Waals surface area contributed by atoms with E-state index in [0.29, 0.717) is 37.4 Å². The third kappa shape index (κ3) is 5.83. The number of primary amides is 1. The lowest BCUT2D eigenvalue weighted by Crippen LogP contribution is -2.43. The smallest absolute Gasteiger partial charge is 0.261 e. The van der Waals surface area contributed by atoms with Gasteiger partial charge in [-0.25, -0.2) is 8.42 Å². The summed E-state index contributed by atoms with van der Waals surface area (Å²) in [6.07, 6.45) is 1.05. The first kappa shape index (κ1) is 23.7. The zero-order chi connectivity index (χ0) is 23.3. The fourth-order valence-electron chi connectivity index (χ4n) is 3.28. The number of rotatable bonds is 8. The summed E-state index contributed by atoms with van der Waals surface area (Å²) in [6, 6.07) is 10.4. The van der Waals surface area contributed by atoms with Gasteiger partial charge in [-0.1, -0.05) is 11.6 Å². The molecule has 2 aromatic carbocycles. The van der Waals surface area contributed by atoms with Crippen molar-refractivity contribution in [1.29, 1.82) is 0 Å². The summed E-state index contributed by atoms with van der Waals surface area (Å²) in [6.45, 7) is 0.604. The monoisotopic (exact) mass is 481 g/mol. The van der Waals surface area contributed by atoms with Gasteiger partial charge in [0.1, 0.15) is 11.5 Å². The number of carbonyl (C=O) groups excluding carboxylic acids is 2. The molecule has 9 nitrogen and oxygen atoms in total. The van der Waals surface area contributed by atoms with Gasteiger partial charge >= 0.3 is 0 Å². The number of halogens is 1. The van der Waals surface area contributed by atoms with Gasteiger partial charge < -0.3 is 20.1 Å². The first-order valence-electron chi connectivity index (χ1n) is 9.86. The van der Waals surface area contributed by atoms with Crippen LogP contribution in [-0.4, -0.2) is 51.9 Å². The highest BCUT2D eigenvalue weighted by Crippen LogP contribution is 2.29. The van der Waals surface area contributed by atoms with Crippen molar-refractivity contribution in [3.63, 3.8) is 0 Å². The van der Waals surface area contributed by atoms with Crippen LogP contribution in [0.3, 0.4) is 0 Å². The van der Waals surface area contributed by atoms with Crippen molar-refractivity contribution in [3.05, 3.63) is 47.5 Å². The minimum atomic E-state index is -3.88. The van der Waals surface area contributed by atoms with Crippen LogP contribution in [0.15, 0.2) is 47.4 Å². The molecule has 172 valence electrons. The minimum Gasteiger partial charge on any atom is -0.497 e. The highest BCUT2D eigenvalue weighted by Gasteiger charge is 2.26. The average Bonchev–Trinajstić information content (AvgIpc) is 2.78. The summed E-state index contributed by atoms with van der Waals surface area (Å²) in [5, 5.41) is 0.0582. The summed E-state index contributed by atoms with van der Waals surface area (Å²) in [5.41, 5.74) is 5.67. The number of benzene rings is 2. The third-order valence-electron chi connectivity index (χ3n) is 5.16. The van der Waals surface area contributed by atoms with Crippen LogP contribution in [0.25, 0.3) is 0 Å². The first-order chi connectivity index (χ1) is 15.2. The Morgan fingerprint density at radius 3 is 2.38 bits per heavy atom. The normalized spacial score (nSPS) is 14.6. The van der Waals surface area contributed by atoms with E-state index < -0.39 is 10.0 Å². The van der Waals surface area contributed by atoms with Gasteiger partial charge in [0.15, 0.2) is 6.61 Å². The number of amides is 2. The molecule has 32 heavy (non-hydrogen) atoms. The fourth-order valence-corrected chi connectivity index (χ4v) is 4.67. The fraction of sp³-hybridized carbons (Fsp3) is 0.333. The molecule has 2 amide bonds. The van der Waals surface area contributed by atoms with Gasteiger partial charge in [-0.15, -0.1) is 0 Å². The Kier molecular flexibility index (Phi) is 7.47. The number of anilines is 1. The maximum Gasteiger partial charge on any atom is 0.261 e. The number of sulfonamides is 1.